The summed E-state index contributed by atoms with van der Waals surface area (Å²) in [5, 5.41) is 17.5. The third-order valence-corrected chi connectivity index (χ3v) is 3.52. The summed E-state index contributed by atoms with van der Waals surface area (Å²) in [6, 6.07) is 9.63. The molecule has 1 aromatic carbocycles. The molecule has 0 aliphatic carbocycles. The monoisotopic (exact) mass is 240 g/mol. The molecule has 0 radical (unpaired) electrons. The van der Waals surface area contributed by atoms with Crippen molar-refractivity contribution in [1.82, 2.24) is 0 Å². The van der Waals surface area contributed by atoms with Crippen molar-refractivity contribution in [1.29, 1.82) is 0 Å². The van der Waals surface area contributed by atoms with E-state index in [1.807, 2.05) is 30.3 Å². The Bertz CT molecular complexity index is 313. The standard InChI is InChI=1S/C12H16O3S/c13-7-4-8-16-11(9-12(14)15)10-5-2-1-3-6-10/h1-3,5-6,11,13H,4,7-9H2,(H,14,15). The third kappa shape index (κ3) is 4.68. The van der Waals surface area contributed by atoms with Crippen molar-refractivity contribution >= 4 is 17.7 Å². The Morgan fingerprint density at radius 2 is 2.00 bits per heavy atom. The maximum atomic E-state index is 10.8. The molecular weight excluding hydrogens is 224 g/mol. The van der Waals surface area contributed by atoms with Gasteiger partial charge in [-0.05, 0) is 17.7 Å². The first-order valence-corrected chi connectivity index (χ1v) is 6.28. The number of carbonyl (C=O) groups is 1. The molecule has 2 N–H and O–H groups in total. The van der Waals surface area contributed by atoms with Gasteiger partial charge in [-0.15, -0.1) is 0 Å². The first-order chi connectivity index (χ1) is 7.74. The highest BCUT2D eigenvalue weighted by molar-refractivity contribution is 7.99. The zero-order valence-corrected chi connectivity index (χ0v) is 9.82. The zero-order valence-electron chi connectivity index (χ0n) is 9.00. The molecule has 0 fully saturated rings. The molecule has 88 valence electrons. The van der Waals surface area contributed by atoms with Gasteiger partial charge in [0.25, 0.3) is 0 Å². The molecule has 1 rings (SSSR count). The van der Waals surface area contributed by atoms with Gasteiger partial charge >= 0.3 is 5.97 Å². The molecule has 1 aromatic rings. The van der Waals surface area contributed by atoms with Crippen LogP contribution in [-0.4, -0.2) is 28.5 Å². The molecule has 0 aliphatic heterocycles. The summed E-state index contributed by atoms with van der Waals surface area (Å²) in [6.45, 7) is 0.154. The van der Waals surface area contributed by atoms with Crippen molar-refractivity contribution in [2.75, 3.05) is 12.4 Å². The lowest BCUT2D eigenvalue weighted by molar-refractivity contribution is -0.137. The molecular formula is C12H16O3S. The van der Waals surface area contributed by atoms with Crippen LogP contribution in [0.3, 0.4) is 0 Å². The SMILES string of the molecule is O=C(O)CC(SCCCO)c1ccccc1. The molecule has 0 aliphatic rings. The van der Waals surface area contributed by atoms with Crippen molar-refractivity contribution in [3.05, 3.63) is 35.9 Å². The molecule has 0 spiro atoms. The van der Waals surface area contributed by atoms with Crippen molar-refractivity contribution in [2.24, 2.45) is 0 Å². The minimum absolute atomic E-state index is 0.0229. The molecule has 0 saturated carbocycles. The number of aliphatic carboxylic acids is 1. The number of hydrogen-bond donors (Lipinski definition) is 2. The topological polar surface area (TPSA) is 57.5 Å². The lowest BCUT2D eigenvalue weighted by atomic mass is 10.1. The van der Waals surface area contributed by atoms with E-state index >= 15 is 0 Å². The van der Waals surface area contributed by atoms with E-state index in [1.54, 1.807) is 11.8 Å². The molecule has 4 heteroatoms. The average molecular weight is 240 g/mol. The van der Waals surface area contributed by atoms with E-state index in [0.29, 0.717) is 6.42 Å². The highest BCUT2D eigenvalue weighted by Crippen LogP contribution is 2.32. The van der Waals surface area contributed by atoms with E-state index in [2.05, 4.69) is 0 Å². The molecule has 1 atom stereocenters. The van der Waals surface area contributed by atoms with Gasteiger partial charge in [-0.25, -0.2) is 0 Å². The maximum absolute atomic E-state index is 10.8. The van der Waals surface area contributed by atoms with Crippen molar-refractivity contribution in [2.45, 2.75) is 18.1 Å². The summed E-state index contributed by atoms with van der Waals surface area (Å²) in [6.07, 6.45) is 0.827. The summed E-state index contributed by atoms with van der Waals surface area (Å²) in [5.41, 5.74) is 1.04. The second kappa shape index (κ2) is 7.30. The van der Waals surface area contributed by atoms with Crippen LogP contribution in [0.2, 0.25) is 0 Å². The predicted molar refractivity (Wildman–Crippen MR) is 65.6 cm³/mol. The third-order valence-electron chi connectivity index (χ3n) is 2.15. The minimum Gasteiger partial charge on any atom is -0.481 e. The van der Waals surface area contributed by atoms with Crippen LogP contribution in [0.25, 0.3) is 0 Å². The fourth-order valence-corrected chi connectivity index (χ4v) is 2.58. The van der Waals surface area contributed by atoms with Crippen LogP contribution in [-0.2, 0) is 4.79 Å². The number of aliphatic hydroxyl groups excluding tert-OH is 1. The van der Waals surface area contributed by atoms with Gasteiger partial charge in [0.05, 0.1) is 6.42 Å². The van der Waals surface area contributed by atoms with E-state index in [4.69, 9.17) is 10.2 Å². The summed E-state index contributed by atoms with van der Waals surface area (Å²) in [7, 11) is 0. The number of rotatable bonds is 7. The van der Waals surface area contributed by atoms with E-state index < -0.39 is 5.97 Å². The van der Waals surface area contributed by atoms with Gasteiger partial charge in [-0.1, -0.05) is 30.3 Å². The van der Waals surface area contributed by atoms with E-state index in [1.165, 1.54) is 0 Å². The maximum Gasteiger partial charge on any atom is 0.304 e. The fourth-order valence-electron chi connectivity index (χ4n) is 1.39. The van der Waals surface area contributed by atoms with Crippen LogP contribution in [0.1, 0.15) is 23.7 Å². The largest absolute Gasteiger partial charge is 0.481 e. The van der Waals surface area contributed by atoms with Gasteiger partial charge in [-0.2, -0.15) is 11.8 Å². The van der Waals surface area contributed by atoms with Gasteiger partial charge in [0, 0.05) is 11.9 Å². The predicted octanol–water partition coefficient (Wildman–Crippen LogP) is 2.32. The van der Waals surface area contributed by atoms with Gasteiger partial charge in [0.1, 0.15) is 0 Å². The Kier molecular flexibility index (Phi) is 5.96. The normalized spacial score (nSPS) is 12.3. The van der Waals surface area contributed by atoms with Crippen molar-refractivity contribution in [3.63, 3.8) is 0 Å². The van der Waals surface area contributed by atoms with Crippen LogP contribution in [0.5, 0.6) is 0 Å². The molecule has 0 heterocycles. The zero-order chi connectivity index (χ0) is 11.8. The number of carboxylic acid groups (broad SMARTS) is 1. The lowest BCUT2D eigenvalue weighted by Crippen LogP contribution is -2.04. The quantitative estimate of drug-likeness (QED) is 0.718. The fraction of sp³-hybridized carbons (Fsp3) is 0.417. The van der Waals surface area contributed by atoms with E-state index in [0.717, 1.165) is 11.3 Å². The van der Waals surface area contributed by atoms with Crippen LogP contribution in [0.4, 0.5) is 0 Å². The highest BCUT2D eigenvalue weighted by Gasteiger charge is 2.15. The number of benzene rings is 1. The smallest absolute Gasteiger partial charge is 0.304 e. The summed E-state index contributed by atoms with van der Waals surface area (Å²) < 4.78 is 0. The van der Waals surface area contributed by atoms with E-state index in [-0.39, 0.29) is 18.3 Å². The molecule has 0 aromatic heterocycles. The van der Waals surface area contributed by atoms with E-state index in [9.17, 15) is 4.79 Å². The summed E-state index contributed by atoms with van der Waals surface area (Å²) in [4.78, 5) is 10.8. The lowest BCUT2D eigenvalue weighted by Gasteiger charge is -2.14. The summed E-state index contributed by atoms with van der Waals surface area (Å²) in [5.74, 6) is -0.00562. The van der Waals surface area contributed by atoms with Gasteiger partial charge < -0.3 is 10.2 Å². The van der Waals surface area contributed by atoms with Crippen molar-refractivity contribution in [3.8, 4) is 0 Å². The second-order valence-electron chi connectivity index (χ2n) is 3.45. The number of thioether (sulfide) groups is 1. The van der Waals surface area contributed by atoms with Crippen molar-refractivity contribution < 1.29 is 15.0 Å². The number of hydrogen-bond acceptors (Lipinski definition) is 3. The molecule has 3 nitrogen and oxygen atoms in total. The molecule has 0 saturated heterocycles. The molecule has 0 bridgehead atoms. The van der Waals surface area contributed by atoms with Crippen LogP contribution in [0.15, 0.2) is 30.3 Å². The van der Waals surface area contributed by atoms with Gasteiger partial charge in [-0.3, -0.25) is 4.79 Å². The van der Waals surface area contributed by atoms with Gasteiger partial charge in [0.2, 0.25) is 0 Å². The Morgan fingerprint density at radius 3 is 2.56 bits per heavy atom. The minimum atomic E-state index is -0.787. The van der Waals surface area contributed by atoms with Crippen LogP contribution in [0, 0.1) is 0 Å². The van der Waals surface area contributed by atoms with Crippen LogP contribution >= 0.6 is 11.8 Å². The second-order valence-corrected chi connectivity index (χ2v) is 4.76. The number of aliphatic hydroxyl groups is 1. The first kappa shape index (κ1) is 13.1. The molecule has 0 amide bonds. The molecule has 1 unspecified atom stereocenters. The Balaban J connectivity index is 2.60. The van der Waals surface area contributed by atoms with Crippen LogP contribution < -0.4 is 0 Å². The first-order valence-electron chi connectivity index (χ1n) is 5.23. The Hall–Kier alpha value is -1.00. The Morgan fingerprint density at radius 1 is 1.31 bits per heavy atom. The Labute approximate surface area is 99.5 Å². The highest BCUT2D eigenvalue weighted by atomic mass is 32.2. The molecule has 16 heavy (non-hydrogen) atoms. The number of carboxylic acids is 1. The average Bonchev–Trinajstić information content (AvgIpc) is 2.29. The van der Waals surface area contributed by atoms with Gasteiger partial charge in [0.15, 0.2) is 0 Å². The summed E-state index contributed by atoms with van der Waals surface area (Å²) >= 11 is 1.59.